The van der Waals surface area contributed by atoms with E-state index in [1.807, 2.05) is 0 Å². The zero-order valence-corrected chi connectivity index (χ0v) is 10.3. The van der Waals surface area contributed by atoms with E-state index in [2.05, 4.69) is 5.32 Å². The highest BCUT2D eigenvalue weighted by Gasteiger charge is 2.19. The van der Waals surface area contributed by atoms with Gasteiger partial charge in [-0.05, 0) is 19.8 Å². The SMILES string of the molecule is CCOCCC(=O)N[C@H](CCCC(=O)O)C(=O)O. The second-order valence-corrected chi connectivity index (χ2v) is 3.69. The summed E-state index contributed by atoms with van der Waals surface area (Å²) in [5.41, 5.74) is 0. The van der Waals surface area contributed by atoms with Crippen LogP contribution in [-0.4, -0.2) is 47.3 Å². The molecule has 7 nitrogen and oxygen atoms in total. The zero-order valence-electron chi connectivity index (χ0n) is 10.3. The summed E-state index contributed by atoms with van der Waals surface area (Å²) >= 11 is 0. The first-order chi connectivity index (χ1) is 8.47. The summed E-state index contributed by atoms with van der Waals surface area (Å²) in [6, 6.07) is -1.04. The van der Waals surface area contributed by atoms with E-state index in [1.165, 1.54) is 0 Å². The molecular weight excluding hydrogens is 242 g/mol. The molecule has 0 fully saturated rings. The molecule has 3 N–H and O–H groups in total. The van der Waals surface area contributed by atoms with Gasteiger partial charge in [-0.25, -0.2) is 4.79 Å². The molecule has 0 spiro atoms. The molecule has 7 heteroatoms. The third-order valence-electron chi connectivity index (χ3n) is 2.19. The van der Waals surface area contributed by atoms with Crippen molar-refractivity contribution < 1.29 is 29.3 Å². The number of nitrogens with one attached hydrogen (secondary N) is 1. The summed E-state index contributed by atoms with van der Waals surface area (Å²) in [7, 11) is 0. The number of carboxylic acids is 2. The van der Waals surface area contributed by atoms with E-state index < -0.39 is 23.9 Å². The number of carboxylic acid groups (broad SMARTS) is 2. The summed E-state index contributed by atoms with van der Waals surface area (Å²) < 4.78 is 4.97. The van der Waals surface area contributed by atoms with Crippen LogP contribution in [-0.2, 0) is 19.1 Å². The minimum atomic E-state index is -1.16. The molecule has 0 unspecified atom stereocenters. The number of carbonyl (C=O) groups excluding carboxylic acids is 1. The van der Waals surface area contributed by atoms with Crippen LogP contribution < -0.4 is 5.32 Å². The topological polar surface area (TPSA) is 113 Å². The molecule has 0 aliphatic heterocycles. The standard InChI is InChI=1S/C11H19NO6/c1-2-18-7-6-9(13)12-8(11(16)17)4-3-5-10(14)15/h8H,2-7H2,1H3,(H,12,13)(H,14,15)(H,16,17)/t8-/m1/s1. The molecule has 0 heterocycles. The Hall–Kier alpha value is -1.63. The van der Waals surface area contributed by atoms with Crippen LogP contribution in [0.15, 0.2) is 0 Å². The van der Waals surface area contributed by atoms with E-state index in [1.54, 1.807) is 6.92 Å². The van der Waals surface area contributed by atoms with Crippen LogP contribution in [0.1, 0.15) is 32.6 Å². The fourth-order valence-electron chi connectivity index (χ4n) is 1.29. The zero-order chi connectivity index (χ0) is 14.0. The molecule has 104 valence electrons. The highest BCUT2D eigenvalue weighted by atomic mass is 16.5. The van der Waals surface area contributed by atoms with Crippen molar-refractivity contribution in [2.24, 2.45) is 0 Å². The Morgan fingerprint density at radius 1 is 1.22 bits per heavy atom. The van der Waals surface area contributed by atoms with Crippen molar-refractivity contribution >= 4 is 17.8 Å². The maximum atomic E-state index is 11.4. The van der Waals surface area contributed by atoms with Gasteiger partial charge in [0.2, 0.25) is 5.91 Å². The molecule has 0 aliphatic carbocycles. The van der Waals surface area contributed by atoms with Gasteiger partial charge in [-0.2, -0.15) is 0 Å². The van der Waals surface area contributed by atoms with Crippen LogP contribution in [0.5, 0.6) is 0 Å². The summed E-state index contributed by atoms with van der Waals surface area (Å²) in [6.45, 7) is 2.53. The van der Waals surface area contributed by atoms with Crippen molar-refractivity contribution in [1.29, 1.82) is 0 Å². The van der Waals surface area contributed by atoms with E-state index >= 15 is 0 Å². The van der Waals surface area contributed by atoms with Gasteiger partial charge in [-0.15, -0.1) is 0 Å². The van der Waals surface area contributed by atoms with Crippen LogP contribution in [0.2, 0.25) is 0 Å². The Kier molecular flexibility index (Phi) is 8.55. The van der Waals surface area contributed by atoms with E-state index in [0.717, 1.165) is 0 Å². The largest absolute Gasteiger partial charge is 0.481 e. The Labute approximate surface area is 105 Å². The lowest BCUT2D eigenvalue weighted by Gasteiger charge is -2.13. The number of rotatable bonds is 10. The van der Waals surface area contributed by atoms with Gasteiger partial charge in [0.1, 0.15) is 6.04 Å². The van der Waals surface area contributed by atoms with Gasteiger partial charge in [0.05, 0.1) is 6.61 Å². The summed E-state index contributed by atoms with van der Waals surface area (Å²) in [5.74, 6) is -2.56. The Morgan fingerprint density at radius 2 is 1.89 bits per heavy atom. The first-order valence-corrected chi connectivity index (χ1v) is 5.79. The quantitative estimate of drug-likeness (QED) is 0.485. The Balaban J connectivity index is 3.99. The number of aliphatic carboxylic acids is 2. The molecule has 0 saturated heterocycles. The lowest BCUT2D eigenvalue weighted by Crippen LogP contribution is -2.41. The smallest absolute Gasteiger partial charge is 0.326 e. The van der Waals surface area contributed by atoms with Gasteiger partial charge in [-0.1, -0.05) is 0 Å². The monoisotopic (exact) mass is 261 g/mol. The minimum absolute atomic E-state index is 0.0938. The highest BCUT2D eigenvalue weighted by Crippen LogP contribution is 2.02. The lowest BCUT2D eigenvalue weighted by molar-refractivity contribution is -0.142. The summed E-state index contributed by atoms with van der Waals surface area (Å²) in [4.78, 5) is 32.5. The van der Waals surface area contributed by atoms with E-state index in [4.69, 9.17) is 14.9 Å². The minimum Gasteiger partial charge on any atom is -0.481 e. The van der Waals surface area contributed by atoms with Crippen molar-refractivity contribution in [2.45, 2.75) is 38.6 Å². The van der Waals surface area contributed by atoms with Gasteiger partial charge >= 0.3 is 11.9 Å². The maximum Gasteiger partial charge on any atom is 0.326 e. The number of hydrogen-bond donors (Lipinski definition) is 3. The van der Waals surface area contributed by atoms with Crippen molar-refractivity contribution in [3.63, 3.8) is 0 Å². The first kappa shape index (κ1) is 16.4. The lowest BCUT2D eigenvalue weighted by atomic mass is 10.1. The summed E-state index contributed by atoms with van der Waals surface area (Å²) in [5, 5.41) is 19.6. The predicted molar refractivity (Wildman–Crippen MR) is 62.2 cm³/mol. The number of carbonyl (C=O) groups is 3. The van der Waals surface area contributed by atoms with Crippen LogP contribution in [0.3, 0.4) is 0 Å². The first-order valence-electron chi connectivity index (χ1n) is 5.79. The van der Waals surface area contributed by atoms with Gasteiger partial charge in [0, 0.05) is 19.4 Å². The average molecular weight is 261 g/mol. The molecule has 0 radical (unpaired) electrons. The van der Waals surface area contributed by atoms with Crippen LogP contribution in [0.25, 0.3) is 0 Å². The fraction of sp³-hybridized carbons (Fsp3) is 0.727. The molecular formula is C11H19NO6. The van der Waals surface area contributed by atoms with E-state index in [9.17, 15) is 14.4 Å². The molecule has 0 saturated carbocycles. The van der Waals surface area contributed by atoms with Crippen LogP contribution in [0, 0.1) is 0 Å². The number of ether oxygens (including phenoxy) is 1. The van der Waals surface area contributed by atoms with E-state index in [-0.39, 0.29) is 32.3 Å². The molecule has 1 amide bonds. The third kappa shape index (κ3) is 8.51. The third-order valence-corrected chi connectivity index (χ3v) is 2.19. The van der Waals surface area contributed by atoms with Crippen molar-refractivity contribution in [3.05, 3.63) is 0 Å². The average Bonchev–Trinajstić information content (AvgIpc) is 2.27. The molecule has 18 heavy (non-hydrogen) atoms. The predicted octanol–water partition coefficient (Wildman–Crippen LogP) is 0.237. The molecule has 0 aliphatic rings. The molecule has 0 rings (SSSR count). The highest BCUT2D eigenvalue weighted by molar-refractivity contribution is 5.83. The van der Waals surface area contributed by atoms with Crippen LogP contribution in [0.4, 0.5) is 0 Å². The van der Waals surface area contributed by atoms with Crippen molar-refractivity contribution in [1.82, 2.24) is 5.32 Å². The van der Waals surface area contributed by atoms with Gasteiger partial charge < -0.3 is 20.3 Å². The second kappa shape index (κ2) is 9.41. The molecule has 0 aromatic rings. The molecule has 0 aromatic carbocycles. The van der Waals surface area contributed by atoms with Gasteiger partial charge in [-0.3, -0.25) is 9.59 Å². The number of amides is 1. The Morgan fingerprint density at radius 3 is 2.39 bits per heavy atom. The number of hydrogen-bond acceptors (Lipinski definition) is 4. The van der Waals surface area contributed by atoms with Gasteiger partial charge in [0.15, 0.2) is 0 Å². The maximum absolute atomic E-state index is 11.4. The van der Waals surface area contributed by atoms with Crippen molar-refractivity contribution in [2.75, 3.05) is 13.2 Å². The fourth-order valence-corrected chi connectivity index (χ4v) is 1.29. The normalized spacial score (nSPS) is 11.8. The molecule has 0 bridgehead atoms. The molecule has 0 aromatic heterocycles. The van der Waals surface area contributed by atoms with E-state index in [0.29, 0.717) is 6.61 Å². The second-order valence-electron chi connectivity index (χ2n) is 3.69. The molecule has 1 atom stereocenters. The van der Waals surface area contributed by atoms with Gasteiger partial charge in [0.25, 0.3) is 0 Å². The van der Waals surface area contributed by atoms with Crippen LogP contribution >= 0.6 is 0 Å². The Bertz CT molecular complexity index is 291. The summed E-state index contributed by atoms with van der Waals surface area (Å²) in [6.07, 6.45) is 0.287. The van der Waals surface area contributed by atoms with Crippen molar-refractivity contribution in [3.8, 4) is 0 Å².